The number of thioether (sulfide) groups is 1. The zero-order valence-electron chi connectivity index (χ0n) is 18.2. The molecule has 0 aliphatic carbocycles. The molecule has 3 aromatic carbocycles. The number of nitrogens with zero attached hydrogens (tertiary/aromatic N) is 1. The Morgan fingerprint density at radius 1 is 1.00 bits per heavy atom. The minimum Gasteiger partial charge on any atom is -0.487 e. The summed E-state index contributed by atoms with van der Waals surface area (Å²) in [5.74, 6) is 0.565. The molecule has 1 heterocycles. The number of aryl methyl sites for hydroxylation is 2. The van der Waals surface area contributed by atoms with Gasteiger partial charge in [-0.15, -0.1) is 0 Å². The van der Waals surface area contributed by atoms with Crippen molar-refractivity contribution in [2.75, 3.05) is 0 Å². The lowest BCUT2D eigenvalue weighted by Gasteiger charge is -2.12. The number of carbonyl (C=O) groups excluding carboxylic acids is 1. The second kappa shape index (κ2) is 10.7. The van der Waals surface area contributed by atoms with E-state index in [4.69, 9.17) is 4.74 Å². The maximum absolute atomic E-state index is 12.5. The topological polar surface area (TPSA) is 50.7 Å². The summed E-state index contributed by atoms with van der Waals surface area (Å²) in [6.45, 7) is 4.64. The summed E-state index contributed by atoms with van der Waals surface area (Å²) < 4.78 is 7.64. The first-order chi connectivity index (χ1) is 15.9. The van der Waals surface area contributed by atoms with Crippen LogP contribution < -0.4 is 10.1 Å². The number of rotatable bonds is 6. The van der Waals surface area contributed by atoms with Crippen LogP contribution in [0.1, 0.15) is 29.2 Å². The quantitative estimate of drug-likeness (QED) is 0.304. The summed E-state index contributed by atoms with van der Waals surface area (Å²) >= 11 is 8.53. The molecule has 3 aromatic rings. The summed E-state index contributed by atoms with van der Waals surface area (Å²) in [7, 11) is 0. The Bertz CT molecular complexity index is 1210. The highest BCUT2D eigenvalue weighted by Crippen LogP contribution is 2.37. The van der Waals surface area contributed by atoms with Crippen LogP contribution in [0.15, 0.2) is 79.5 Å². The van der Waals surface area contributed by atoms with Crippen LogP contribution in [0.3, 0.4) is 0 Å². The van der Waals surface area contributed by atoms with Gasteiger partial charge in [-0.1, -0.05) is 48.9 Å². The molecule has 0 spiro atoms. The number of halogens is 2. The van der Waals surface area contributed by atoms with Gasteiger partial charge in [0.15, 0.2) is 5.17 Å². The normalized spacial score (nSPS) is 15.8. The third kappa shape index (κ3) is 6.16. The lowest BCUT2D eigenvalue weighted by atomic mass is 10.1. The Morgan fingerprint density at radius 2 is 1.64 bits per heavy atom. The molecule has 1 aliphatic heterocycles. The number of carbonyl (C=O) groups is 1. The molecule has 1 amide bonds. The van der Waals surface area contributed by atoms with E-state index in [1.165, 1.54) is 22.9 Å². The third-order valence-corrected chi connectivity index (χ3v) is 7.14. The minimum atomic E-state index is -0.157. The fraction of sp³-hybridized carbons (Fsp3) is 0.154. The van der Waals surface area contributed by atoms with Crippen molar-refractivity contribution in [2.24, 2.45) is 4.99 Å². The van der Waals surface area contributed by atoms with E-state index >= 15 is 0 Å². The van der Waals surface area contributed by atoms with E-state index in [-0.39, 0.29) is 5.91 Å². The van der Waals surface area contributed by atoms with Gasteiger partial charge < -0.3 is 10.1 Å². The summed E-state index contributed by atoms with van der Waals surface area (Å²) in [6.07, 6.45) is 2.83. The summed E-state index contributed by atoms with van der Waals surface area (Å²) in [6, 6.07) is 20.2. The highest BCUT2D eigenvalue weighted by atomic mass is 79.9. The number of hydrogen-bond donors (Lipinski definition) is 1. The van der Waals surface area contributed by atoms with Gasteiger partial charge in [-0.3, -0.25) is 4.79 Å². The Hall–Kier alpha value is -2.35. The van der Waals surface area contributed by atoms with Crippen LogP contribution in [-0.4, -0.2) is 11.1 Å². The standard InChI is InChI=1S/C26H22Br2N2O2S/c1-3-17-8-10-20(11-9-17)29-26-30-25(31)23(33-26)14-19-12-21(27)24(22(28)13-19)32-15-18-6-4-16(2)5-7-18/h4-14H,3,15H2,1-2H3,(H,29,30,31)/b23-14-. The van der Waals surface area contributed by atoms with Gasteiger partial charge in [0.25, 0.3) is 5.91 Å². The first-order valence-electron chi connectivity index (χ1n) is 10.5. The molecule has 1 N–H and O–H groups in total. The lowest BCUT2D eigenvalue weighted by molar-refractivity contribution is -0.115. The number of aliphatic imine (C=N–C) groups is 1. The van der Waals surface area contributed by atoms with Crippen LogP contribution >= 0.6 is 43.6 Å². The molecule has 7 heteroatoms. The van der Waals surface area contributed by atoms with Gasteiger partial charge in [0.05, 0.1) is 19.5 Å². The van der Waals surface area contributed by atoms with Gasteiger partial charge in [0, 0.05) is 0 Å². The molecule has 0 saturated carbocycles. The number of amides is 1. The van der Waals surface area contributed by atoms with Crippen LogP contribution in [0.2, 0.25) is 0 Å². The molecular weight excluding hydrogens is 564 g/mol. The minimum absolute atomic E-state index is 0.157. The molecule has 1 aliphatic rings. The Balaban J connectivity index is 1.48. The first-order valence-corrected chi connectivity index (χ1v) is 12.9. The third-order valence-electron chi connectivity index (χ3n) is 5.05. The van der Waals surface area contributed by atoms with Crippen molar-refractivity contribution >= 4 is 66.5 Å². The number of ether oxygens (including phenoxy) is 1. The van der Waals surface area contributed by atoms with Crippen LogP contribution in [0, 0.1) is 6.92 Å². The molecule has 0 aromatic heterocycles. The summed E-state index contributed by atoms with van der Waals surface area (Å²) in [4.78, 5) is 17.6. The van der Waals surface area contributed by atoms with Crippen LogP contribution in [0.4, 0.5) is 5.69 Å². The molecule has 1 saturated heterocycles. The number of amidine groups is 1. The maximum atomic E-state index is 12.5. The van der Waals surface area contributed by atoms with E-state index in [1.807, 2.05) is 30.3 Å². The second-order valence-electron chi connectivity index (χ2n) is 7.59. The molecule has 1 fully saturated rings. The average Bonchev–Trinajstić information content (AvgIpc) is 3.13. The molecular formula is C26H22Br2N2O2S. The zero-order chi connectivity index (χ0) is 23.4. The van der Waals surface area contributed by atoms with Crippen molar-refractivity contribution in [3.63, 3.8) is 0 Å². The molecule has 168 valence electrons. The molecule has 0 unspecified atom stereocenters. The molecule has 0 bridgehead atoms. The summed E-state index contributed by atoms with van der Waals surface area (Å²) in [5.41, 5.74) is 5.26. The smallest absolute Gasteiger partial charge is 0.264 e. The van der Waals surface area contributed by atoms with Crippen molar-refractivity contribution in [2.45, 2.75) is 26.9 Å². The first kappa shape index (κ1) is 23.8. The van der Waals surface area contributed by atoms with Crippen LogP contribution in [-0.2, 0) is 17.8 Å². The Kier molecular flexibility index (Phi) is 7.73. The number of nitrogens with one attached hydrogen (secondary N) is 1. The van der Waals surface area contributed by atoms with Crippen molar-refractivity contribution in [1.29, 1.82) is 0 Å². The van der Waals surface area contributed by atoms with Crippen molar-refractivity contribution < 1.29 is 9.53 Å². The fourth-order valence-electron chi connectivity index (χ4n) is 3.20. The van der Waals surface area contributed by atoms with E-state index in [9.17, 15) is 4.79 Å². The summed E-state index contributed by atoms with van der Waals surface area (Å²) in [5, 5.41) is 3.42. The predicted molar refractivity (Wildman–Crippen MR) is 144 cm³/mol. The van der Waals surface area contributed by atoms with Gasteiger partial charge >= 0.3 is 0 Å². The van der Waals surface area contributed by atoms with E-state index in [2.05, 4.69) is 92.4 Å². The zero-order valence-corrected chi connectivity index (χ0v) is 22.2. The van der Waals surface area contributed by atoms with Crippen molar-refractivity contribution in [1.82, 2.24) is 5.32 Å². The molecule has 33 heavy (non-hydrogen) atoms. The van der Waals surface area contributed by atoms with Crippen molar-refractivity contribution in [3.8, 4) is 5.75 Å². The van der Waals surface area contributed by atoms with E-state index in [0.29, 0.717) is 16.7 Å². The number of hydrogen-bond acceptors (Lipinski definition) is 4. The van der Waals surface area contributed by atoms with E-state index < -0.39 is 0 Å². The van der Waals surface area contributed by atoms with Gasteiger partial charge in [0.2, 0.25) is 0 Å². The van der Waals surface area contributed by atoms with Gasteiger partial charge in [-0.2, -0.15) is 0 Å². The second-order valence-corrected chi connectivity index (χ2v) is 10.3. The van der Waals surface area contributed by atoms with Crippen molar-refractivity contribution in [3.05, 3.63) is 96.8 Å². The predicted octanol–water partition coefficient (Wildman–Crippen LogP) is 7.55. The molecule has 0 atom stereocenters. The van der Waals surface area contributed by atoms with E-state index in [0.717, 1.165) is 37.9 Å². The average molecular weight is 586 g/mol. The molecule has 4 rings (SSSR count). The van der Waals surface area contributed by atoms with E-state index in [1.54, 1.807) is 0 Å². The molecule has 0 radical (unpaired) electrons. The van der Waals surface area contributed by atoms with Crippen LogP contribution in [0.25, 0.3) is 6.08 Å². The fourth-order valence-corrected chi connectivity index (χ4v) is 5.49. The largest absolute Gasteiger partial charge is 0.487 e. The van der Waals surface area contributed by atoms with Crippen LogP contribution in [0.5, 0.6) is 5.75 Å². The number of benzene rings is 3. The Labute approximate surface area is 214 Å². The lowest BCUT2D eigenvalue weighted by Crippen LogP contribution is -2.19. The molecule has 4 nitrogen and oxygen atoms in total. The van der Waals surface area contributed by atoms with Gasteiger partial charge in [-0.25, -0.2) is 4.99 Å². The highest BCUT2D eigenvalue weighted by Gasteiger charge is 2.24. The SMILES string of the molecule is CCc1ccc(N=C2NC(=O)/C(=C/c3cc(Br)c(OCc4ccc(C)cc4)c(Br)c3)S2)cc1. The monoisotopic (exact) mass is 584 g/mol. The highest BCUT2D eigenvalue weighted by molar-refractivity contribution is 9.11. The van der Waals surface area contributed by atoms with Gasteiger partial charge in [-0.05, 0) is 104 Å². The maximum Gasteiger partial charge on any atom is 0.264 e. The Morgan fingerprint density at radius 3 is 2.27 bits per heavy atom. The van der Waals surface area contributed by atoms with Gasteiger partial charge in [0.1, 0.15) is 12.4 Å².